The van der Waals surface area contributed by atoms with Crippen molar-refractivity contribution in [3.05, 3.63) is 29.6 Å². The van der Waals surface area contributed by atoms with Crippen LogP contribution in [-0.2, 0) is 10.0 Å². The maximum absolute atomic E-state index is 13.9. The average Bonchev–Trinajstić information content (AvgIpc) is 2.95. The van der Waals surface area contributed by atoms with Crippen LogP contribution in [0.5, 0.6) is 0 Å². The Bertz CT molecular complexity index is 676. The fourth-order valence-corrected chi connectivity index (χ4v) is 3.93. The molecule has 1 aliphatic rings. The van der Waals surface area contributed by atoms with E-state index in [2.05, 4.69) is 11.8 Å². The normalized spacial score (nSPS) is 19.3. The van der Waals surface area contributed by atoms with Gasteiger partial charge in [0.25, 0.3) is 0 Å². The molecule has 0 spiro atoms. The van der Waals surface area contributed by atoms with E-state index in [1.165, 1.54) is 16.4 Å². The van der Waals surface area contributed by atoms with Crippen LogP contribution in [0.4, 0.5) is 4.39 Å². The molecule has 1 aliphatic heterocycles. The van der Waals surface area contributed by atoms with E-state index in [0.717, 1.165) is 18.9 Å². The van der Waals surface area contributed by atoms with E-state index in [9.17, 15) is 12.8 Å². The molecule has 2 rings (SSSR count). The summed E-state index contributed by atoms with van der Waals surface area (Å²) in [6, 6.07) is 3.69. The molecule has 0 saturated carbocycles. The third-order valence-electron chi connectivity index (χ3n) is 3.71. The van der Waals surface area contributed by atoms with Gasteiger partial charge in [-0.1, -0.05) is 25.2 Å². The molecule has 114 valence electrons. The summed E-state index contributed by atoms with van der Waals surface area (Å²) in [6.45, 7) is 2.64. The Morgan fingerprint density at radius 1 is 1.48 bits per heavy atom. The Labute approximate surface area is 124 Å². The van der Waals surface area contributed by atoms with Gasteiger partial charge in [-0.2, -0.15) is 4.31 Å². The highest BCUT2D eigenvalue weighted by atomic mass is 32.2. The Morgan fingerprint density at radius 2 is 2.24 bits per heavy atom. The second-order valence-electron chi connectivity index (χ2n) is 5.03. The molecule has 1 saturated heterocycles. The molecule has 1 aromatic rings. The van der Waals surface area contributed by atoms with Crippen molar-refractivity contribution in [3.8, 4) is 11.8 Å². The van der Waals surface area contributed by atoms with Crippen LogP contribution in [0.15, 0.2) is 23.1 Å². The lowest BCUT2D eigenvalue weighted by atomic mass is 10.1. The van der Waals surface area contributed by atoms with E-state index in [-0.39, 0.29) is 17.1 Å². The average molecular weight is 311 g/mol. The molecule has 1 heterocycles. The third-order valence-corrected chi connectivity index (χ3v) is 5.57. The summed E-state index contributed by atoms with van der Waals surface area (Å²) in [5.41, 5.74) is 0.0795. The Hall–Kier alpha value is -1.42. The molecule has 0 aromatic heterocycles. The first-order chi connectivity index (χ1) is 9.98. The first kappa shape index (κ1) is 16.0. The zero-order valence-electron chi connectivity index (χ0n) is 11.8. The SMILES string of the molecule is CCC1CCN(S(=O)(=O)c2ccc(C#CCO)c(F)c2)C1. The fraction of sp³-hybridized carbons (Fsp3) is 0.467. The van der Waals surface area contributed by atoms with Gasteiger partial charge in [-0.15, -0.1) is 0 Å². The van der Waals surface area contributed by atoms with Crippen LogP contribution in [0.3, 0.4) is 0 Å². The second kappa shape index (κ2) is 6.56. The summed E-state index contributed by atoms with van der Waals surface area (Å²) in [5.74, 6) is 4.46. The Morgan fingerprint density at radius 3 is 2.81 bits per heavy atom. The van der Waals surface area contributed by atoms with Gasteiger partial charge in [-0.05, 0) is 30.5 Å². The molecular weight excluding hydrogens is 293 g/mol. The standard InChI is InChI=1S/C15H18FNO3S/c1-2-12-7-8-17(11-12)21(19,20)14-6-5-13(4-3-9-18)15(16)10-14/h5-6,10,12,18H,2,7-9,11H2,1H3. The molecule has 0 aliphatic carbocycles. The van der Waals surface area contributed by atoms with Crippen LogP contribution in [0.1, 0.15) is 25.3 Å². The van der Waals surface area contributed by atoms with Crippen molar-refractivity contribution in [3.63, 3.8) is 0 Å². The molecule has 1 unspecified atom stereocenters. The third kappa shape index (κ3) is 3.43. The maximum Gasteiger partial charge on any atom is 0.243 e. The highest BCUT2D eigenvalue weighted by molar-refractivity contribution is 7.89. The number of aliphatic hydroxyl groups is 1. The van der Waals surface area contributed by atoms with Gasteiger partial charge in [0.2, 0.25) is 10.0 Å². The summed E-state index contributed by atoms with van der Waals surface area (Å²) in [4.78, 5) is -0.0497. The van der Waals surface area contributed by atoms with E-state index in [0.29, 0.717) is 19.0 Å². The summed E-state index contributed by atoms with van der Waals surface area (Å²) in [6.07, 6.45) is 1.79. The number of sulfonamides is 1. The van der Waals surface area contributed by atoms with E-state index >= 15 is 0 Å². The highest BCUT2D eigenvalue weighted by Crippen LogP contribution is 2.26. The summed E-state index contributed by atoms with van der Waals surface area (Å²) < 4.78 is 40.2. The van der Waals surface area contributed by atoms with E-state index in [1.807, 2.05) is 6.92 Å². The van der Waals surface area contributed by atoms with Crippen LogP contribution < -0.4 is 0 Å². The van der Waals surface area contributed by atoms with E-state index in [1.54, 1.807) is 0 Å². The number of hydrogen-bond donors (Lipinski definition) is 1. The van der Waals surface area contributed by atoms with Crippen molar-refractivity contribution in [2.45, 2.75) is 24.7 Å². The predicted molar refractivity (Wildman–Crippen MR) is 77.5 cm³/mol. The molecule has 21 heavy (non-hydrogen) atoms. The predicted octanol–water partition coefficient (Wildman–Crippen LogP) is 1.59. The molecule has 1 N–H and O–H groups in total. The van der Waals surface area contributed by atoms with Crippen molar-refractivity contribution in [1.29, 1.82) is 0 Å². The first-order valence-electron chi connectivity index (χ1n) is 6.88. The largest absolute Gasteiger partial charge is 0.384 e. The fourth-order valence-electron chi connectivity index (χ4n) is 2.39. The smallest absolute Gasteiger partial charge is 0.243 e. The second-order valence-corrected chi connectivity index (χ2v) is 6.97. The minimum atomic E-state index is -3.65. The number of halogens is 1. The molecule has 1 aromatic carbocycles. The van der Waals surface area contributed by atoms with Crippen LogP contribution in [-0.4, -0.2) is 37.5 Å². The lowest BCUT2D eigenvalue weighted by Crippen LogP contribution is -2.29. The number of aliphatic hydroxyl groups excluding tert-OH is 1. The summed E-state index contributed by atoms with van der Waals surface area (Å²) >= 11 is 0. The van der Waals surface area contributed by atoms with Crippen molar-refractivity contribution in [1.82, 2.24) is 4.31 Å². The Balaban J connectivity index is 2.27. The molecule has 0 amide bonds. The number of rotatable bonds is 3. The van der Waals surface area contributed by atoms with Gasteiger partial charge in [-0.3, -0.25) is 0 Å². The lowest BCUT2D eigenvalue weighted by molar-refractivity contribution is 0.350. The quantitative estimate of drug-likeness (QED) is 0.863. The zero-order chi connectivity index (χ0) is 15.5. The molecule has 6 heteroatoms. The number of nitrogens with zero attached hydrogens (tertiary/aromatic N) is 1. The van der Waals surface area contributed by atoms with Crippen molar-refractivity contribution in [2.75, 3.05) is 19.7 Å². The van der Waals surface area contributed by atoms with E-state index in [4.69, 9.17) is 5.11 Å². The molecular formula is C15H18FNO3S. The van der Waals surface area contributed by atoms with Gasteiger partial charge < -0.3 is 5.11 Å². The van der Waals surface area contributed by atoms with Gasteiger partial charge in [0, 0.05) is 13.1 Å². The molecule has 4 nitrogen and oxygen atoms in total. The van der Waals surface area contributed by atoms with Gasteiger partial charge in [0.05, 0.1) is 10.5 Å². The first-order valence-corrected chi connectivity index (χ1v) is 8.32. The van der Waals surface area contributed by atoms with Gasteiger partial charge in [0.15, 0.2) is 0 Å². The Kier molecular flexibility index (Phi) is 4.99. The summed E-state index contributed by atoms with van der Waals surface area (Å²) in [7, 11) is -3.65. The van der Waals surface area contributed by atoms with Gasteiger partial charge in [-0.25, -0.2) is 12.8 Å². The minimum absolute atomic E-state index is 0.0497. The highest BCUT2D eigenvalue weighted by Gasteiger charge is 2.32. The minimum Gasteiger partial charge on any atom is -0.384 e. The van der Waals surface area contributed by atoms with Crippen LogP contribution >= 0.6 is 0 Å². The number of benzene rings is 1. The zero-order valence-corrected chi connectivity index (χ0v) is 12.7. The van der Waals surface area contributed by atoms with Crippen LogP contribution in [0.25, 0.3) is 0 Å². The van der Waals surface area contributed by atoms with Crippen LogP contribution in [0.2, 0.25) is 0 Å². The van der Waals surface area contributed by atoms with Crippen molar-refractivity contribution in [2.24, 2.45) is 5.92 Å². The van der Waals surface area contributed by atoms with Crippen LogP contribution in [0, 0.1) is 23.6 Å². The molecule has 0 radical (unpaired) electrons. The van der Waals surface area contributed by atoms with Gasteiger partial charge >= 0.3 is 0 Å². The van der Waals surface area contributed by atoms with Crippen molar-refractivity contribution < 1.29 is 17.9 Å². The lowest BCUT2D eigenvalue weighted by Gasteiger charge is -2.16. The summed E-state index contributed by atoms with van der Waals surface area (Å²) in [5, 5.41) is 8.60. The number of hydrogen-bond acceptors (Lipinski definition) is 3. The molecule has 1 atom stereocenters. The molecule has 1 fully saturated rings. The van der Waals surface area contributed by atoms with Crippen molar-refractivity contribution >= 4 is 10.0 Å². The van der Waals surface area contributed by atoms with E-state index < -0.39 is 15.8 Å². The monoisotopic (exact) mass is 311 g/mol. The molecule has 0 bridgehead atoms. The maximum atomic E-state index is 13.9. The topological polar surface area (TPSA) is 57.6 Å². The van der Waals surface area contributed by atoms with Gasteiger partial charge in [0.1, 0.15) is 12.4 Å².